The number of tetrazole rings is 1. The molecule has 0 bridgehead atoms. The SMILES string of the molecule is COc1ccc(Nc2cc(C)nc(NCCNS(=O)(=O)c3ccc(F)c(-c4nn[nH]n4)c3)n2)cc1. The van der Waals surface area contributed by atoms with Crippen LogP contribution < -0.4 is 20.1 Å². The van der Waals surface area contributed by atoms with E-state index in [9.17, 15) is 12.8 Å². The highest BCUT2D eigenvalue weighted by Crippen LogP contribution is 2.22. The first-order valence-corrected chi connectivity index (χ1v) is 11.9. The Hall–Kier alpha value is -4.17. The van der Waals surface area contributed by atoms with Crippen molar-refractivity contribution in [2.24, 2.45) is 0 Å². The molecule has 4 rings (SSSR count). The van der Waals surface area contributed by atoms with Crippen LogP contribution in [-0.4, -0.2) is 59.2 Å². The molecule has 0 spiro atoms. The Kier molecular flexibility index (Phi) is 7.12. The van der Waals surface area contributed by atoms with Gasteiger partial charge in [0.25, 0.3) is 0 Å². The number of aromatic amines is 1. The minimum absolute atomic E-state index is 0.0375. The van der Waals surface area contributed by atoms with Crippen molar-refractivity contribution in [2.45, 2.75) is 11.8 Å². The third-order valence-electron chi connectivity index (χ3n) is 4.75. The fourth-order valence-electron chi connectivity index (χ4n) is 3.10. The first kappa shape index (κ1) is 24.0. The molecular weight excluding hydrogens is 477 g/mol. The summed E-state index contributed by atoms with van der Waals surface area (Å²) in [6.45, 7) is 2.07. The summed E-state index contributed by atoms with van der Waals surface area (Å²) in [7, 11) is -2.32. The molecule has 0 aliphatic rings. The Morgan fingerprint density at radius 3 is 2.57 bits per heavy atom. The summed E-state index contributed by atoms with van der Waals surface area (Å²) in [5, 5.41) is 19.1. The number of nitrogens with one attached hydrogen (secondary N) is 4. The van der Waals surface area contributed by atoms with Crippen molar-refractivity contribution >= 4 is 27.5 Å². The predicted molar refractivity (Wildman–Crippen MR) is 126 cm³/mol. The highest BCUT2D eigenvalue weighted by Gasteiger charge is 2.18. The number of hydrogen-bond acceptors (Lipinski definition) is 10. The number of halogens is 1. The lowest BCUT2D eigenvalue weighted by Gasteiger charge is -2.11. The number of H-pyrrole nitrogens is 1. The van der Waals surface area contributed by atoms with Crippen molar-refractivity contribution in [1.82, 2.24) is 35.3 Å². The van der Waals surface area contributed by atoms with Crippen LogP contribution in [0.3, 0.4) is 0 Å². The first-order chi connectivity index (χ1) is 16.8. The topological polar surface area (TPSA) is 160 Å². The average Bonchev–Trinajstić information content (AvgIpc) is 3.37. The van der Waals surface area contributed by atoms with Crippen molar-refractivity contribution < 1.29 is 17.5 Å². The Bertz CT molecular complexity index is 1400. The van der Waals surface area contributed by atoms with Crippen LogP contribution in [-0.2, 0) is 10.0 Å². The van der Waals surface area contributed by atoms with E-state index in [1.807, 2.05) is 31.2 Å². The van der Waals surface area contributed by atoms with Gasteiger partial charge in [0.15, 0.2) is 0 Å². The van der Waals surface area contributed by atoms with Gasteiger partial charge in [0, 0.05) is 30.5 Å². The Morgan fingerprint density at radius 1 is 1.06 bits per heavy atom. The molecular formula is C21H22FN9O3S. The summed E-state index contributed by atoms with van der Waals surface area (Å²) < 4.78 is 47.0. The predicted octanol–water partition coefficient (Wildman–Crippen LogP) is 2.25. The van der Waals surface area contributed by atoms with Gasteiger partial charge in [-0.25, -0.2) is 22.5 Å². The van der Waals surface area contributed by atoms with Crippen LogP contribution in [0.25, 0.3) is 11.4 Å². The maximum Gasteiger partial charge on any atom is 0.240 e. The molecule has 0 fully saturated rings. The minimum atomic E-state index is -3.91. The van der Waals surface area contributed by atoms with Gasteiger partial charge in [-0.15, -0.1) is 10.2 Å². The molecule has 2 heterocycles. The molecule has 0 saturated heterocycles. The number of benzene rings is 2. The Morgan fingerprint density at radius 2 is 1.86 bits per heavy atom. The number of sulfonamides is 1. The van der Waals surface area contributed by atoms with Crippen LogP contribution in [0.5, 0.6) is 5.75 Å². The largest absolute Gasteiger partial charge is 0.497 e. The summed E-state index contributed by atoms with van der Waals surface area (Å²) in [5.74, 6) is 0.942. The van der Waals surface area contributed by atoms with Crippen molar-refractivity contribution in [2.75, 3.05) is 30.8 Å². The molecule has 2 aromatic carbocycles. The van der Waals surface area contributed by atoms with E-state index in [0.717, 1.165) is 35.3 Å². The minimum Gasteiger partial charge on any atom is -0.497 e. The number of aromatic nitrogens is 6. The average molecular weight is 500 g/mol. The van der Waals surface area contributed by atoms with E-state index < -0.39 is 15.8 Å². The molecule has 0 amide bonds. The van der Waals surface area contributed by atoms with E-state index in [-0.39, 0.29) is 29.4 Å². The molecule has 182 valence electrons. The van der Waals surface area contributed by atoms with Crippen LogP contribution in [0, 0.1) is 12.7 Å². The van der Waals surface area contributed by atoms with Gasteiger partial charge in [0.05, 0.1) is 17.6 Å². The van der Waals surface area contributed by atoms with Gasteiger partial charge < -0.3 is 15.4 Å². The van der Waals surface area contributed by atoms with Crippen LogP contribution in [0.15, 0.2) is 53.4 Å². The summed E-state index contributed by atoms with van der Waals surface area (Å²) >= 11 is 0. The lowest BCUT2D eigenvalue weighted by Crippen LogP contribution is -2.29. The number of rotatable bonds is 10. The molecule has 0 radical (unpaired) electrons. The lowest BCUT2D eigenvalue weighted by molar-refractivity contribution is 0.415. The highest BCUT2D eigenvalue weighted by atomic mass is 32.2. The Balaban J connectivity index is 1.36. The number of ether oxygens (including phenoxy) is 1. The van der Waals surface area contributed by atoms with Crippen LogP contribution in [0.2, 0.25) is 0 Å². The molecule has 0 unspecified atom stereocenters. The van der Waals surface area contributed by atoms with E-state index >= 15 is 0 Å². The molecule has 14 heteroatoms. The van der Waals surface area contributed by atoms with E-state index in [1.165, 1.54) is 0 Å². The van der Waals surface area contributed by atoms with Gasteiger partial charge in [0.1, 0.15) is 17.4 Å². The normalized spacial score (nSPS) is 11.3. The van der Waals surface area contributed by atoms with Gasteiger partial charge in [-0.1, -0.05) is 0 Å². The van der Waals surface area contributed by atoms with Crippen molar-refractivity contribution in [3.05, 3.63) is 60.0 Å². The van der Waals surface area contributed by atoms with E-state index in [1.54, 1.807) is 13.2 Å². The van der Waals surface area contributed by atoms with Crippen LogP contribution in [0.1, 0.15) is 5.69 Å². The van der Waals surface area contributed by atoms with Crippen molar-refractivity contribution in [3.63, 3.8) is 0 Å². The molecule has 12 nitrogen and oxygen atoms in total. The summed E-state index contributed by atoms with van der Waals surface area (Å²) in [5.41, 5.74) is 1.46. The number of methoxy groups -OCH3 is 1. The zero-order valence-electron chi connectivity index (χ0n) is 18.8. The smallest absolute Gasteiger partial charge is 0.240 e. The highest BCUT2D eigenvalue weighted by molar-refractivity contribution is 7.89. The van der Waals surface area contributed by atoms with Crippen LogP contribution in [0.4, 0.5) is 21.8 Å². The number of hydrogen-bond donors (Lipinski definition) is 4. The van der Waals surface area contributed by atoms with E-state index in [4.69, 9.17) is 4.74 Å². The maximum atomic E-state index is 14.1. The van der Waals surface area contributed by atoms with E-state index in [2.05, 4.69) is 45.9 Å². The number of anilines is 3. The van der Waals surface area contributed by atoms with Crippen molar-refractivity contribution in [1.29, 1.82) is 0 Å². The fourth-order valence-corrected chi connectivity index (χ4v) is 4.15. The molecule has 0 aliphatic heterocycles. The molecule has 35 heavy (non-hydrogen) atoms. The standard InChI is InChI=1S/C21H22FN9O3S/c1-13-11-19(26-14-3-5-15(34-2)6-4-14)27-21(25-13)23-9-10-24-35(32,33)16-7-8-18(22)17(12-16)20-28-30-31-29-20/h3-8,11-12,24H,9-10H2,1-2H3,(H2,23,25,26,27)(H,28,29,30,31). The van der Waals surface area contributed by atoms with Gasteiger partial charge in [-0.2, -0.15) is 10.2 Å². The third-order valence-corrected chi connectivity index (χ3v) is 6.21. The second-order valence-corrected chi connectivity index (χ2v) is 9.04. The molecule has 0 aliphatic carbocycles. The molecule has 0 atom stereocenters. The number of nitrogens with zero attached hydrogens (tertiary/aromatic N) is 5. The second kappa shape index (κ2) is 10.4. The van der Waals surface area contributed by atoms with Gasteiger partial charge in [-0.05, 0) is 54.6 Å². The lowest BCUT2D eigenvalue weighted by atomic mass is 10.2. The first-order valence-electron chi connectivity index (χ1n) is 10.4. The molecule has 2 aromatic heterocycles. The molecule has 4 aromatic rings. The van der Waals surface area contributed by atoms with Gasteiger partial charge >= 0.3 is 0 Å². The summed E-state index contributed by atoms with van der Waals surface area (Å²) in [6.07, 6.45) is 0. The zero-order chi connectivity index (χ0) is 24.8. The van der Waals surface area contributed by atoms with Gasteiger partial charge in [-0.3, -0.25) is 0 Å². The van der Waals surface area contributed by atoms with Gasteiger partial charge in [0.2, 0.25) is 21.8 Å². The molecule has 4 N–H and O–H groups in total. The second-order valence-electron chi connectivity index (χ2n) is 7.27. The quantitative estimate of drug-likeness (QED) is 0.238. The Labute approximate surface area is 200 Å². The van der Waals surface area contributed by atoms with Crippen molar-refractivity contribution in [3.8, 4) is 17.1 Å². The monoisotopic (exact) mass is 499 g/mol. The maximum absolute atomic E-state index is 14.1. The summed E-state index contributed by atoms with van der Waals surface area (Å²) in [4.78, 5) is 8.60. The number of aryl methyl sites for hydroxylation is 1. The zero-order valence-corrected chi connectivity index (χ0v) is 19.6. The third kappa shape index (κ3) is 6.04. The van der Waals surface area contributed by atoms with E-state index in [0.29, 0.717) is 11.8 Å². The van der Waals surface area contributed by atoms with Crippen LogP contribution >= 0.6 is 0 Å². The molecule has 0 saturated carbocycles. The fraction of sp³-hybridized carbons (Fsp3) is 0.190. The summed E-state index contributed by atoms with van der Waals surface area (Å²) in [6, 6.07) is 12.5.